The number of rotatable bonds is 29. The molecule has 3 aliphatic rings. The largest absolute Gasteiger partial charge is 0.494 e. The van der Waals surface area contributed by atoms with E-state index in [2.05, 4.69) is 47.2 Å². The predicted molar refractivity (Wildman–Crippen MR) is 314 cm³/mol. The molecule has 86 heavy (non-hydrogen) atoms. The molecule has 3 aliphatic heterocycles. The van der Waals surface area contributed by atoms with Gasteiger partial charge in [-0.1, -0.05) is 29.8 Å². The van der Waals surface area contributed by atoms with Crippen LogP contribution >= 0.6 is 0 Å². The van der Waals surface area contributed by atoms with Gasteiger partial charge in [-0.15, -0.1) is 0 Å². The number of aryl methyl sites for hydroxylation is 1. The van der Waals surface area contributed by atoms with Gasteiger partial charge in [0, 0.05) is 115 Å². The average Bonchev–Trinajstić information content (AvgIpc) is 2.43. The summed E-state index contributed by atoms with van der Waals surface area (Å²) >= 11 is 0. The van der Waals surface area contributed by atoms with Crippen LogP contribution in [0.5, 0.6) is 5.75 Å². The number of carboxylic acids is 3. The smallest absolute Gasteiger partial charge is 0.317 e. The molecule has 4 heterocycles. The molecule has 0 radical (unpaired) electrons. The van der Waals surface area contributed by atoms with Crippen LogP contribution in [0.4, 0.5) is 8.78 Å². The molecule has 0 spiro atoms. The number of benzene rings is 2. The van der Waals surface area contributed by atoms with Gasteiger partial charge in [-0.2, -0.15) is 20.6 Å². The first kappa shape index (κ1) is 66.7. The SMILES string of the molecule is Cc1ccc(/C=N/NCN/N=C/C[C@@H](/C=N\NCCC(=O)N2CCC(CCCOc3ccc4nccc(C(=O)NCC(=O)N5CC(F)(F)C[C@@H]5C#N)c4c3)CC2)NC(=O)CN2CCN(CC(=O)O)CCN(CC(=O)O)CCN(CC(=O)O)CC2)cc1. The first-order valence-electron chi connectivity index (χ1n) is 28.6. The van der Waals surface area contributed by atoms with E-state index in [4.69, 9.17) is 4.74 Å². The Hall–Kier alpha value is -8.46. The fourth-order valence-electron chi connectivity index (χ4n) is 10.0. The summed E-state index contributed by atoms with van der Waals surface area (Å²) in [5.41, 5.74) is 11.4. The number of hydrogen-bond donors (Lipinski definition) is 8. The lowest BCUT2D eigenvalue weighted by molar-refractivity contribution is -0.140. The molecule has 0 aliphatic carbocycles. The van der Waals surface area contributed by atoms with Crippen LogP contribution in [-0.4, -0.2) is 252 Å². The van der Waals surface area contributed by atoms with E-state index < -0.39 is 67.2 Å². The molecule has 2 atom stereocenters. The summed E-state index contributed by atoms with van der Waals surface area (Å²) < 4.78 is 33.9. The van der Waals surface area contributed by atoms with Gasteiger partial charge in [0.25, 0.3) is 11.8 Å². The molecule has 0 bridgehead atoms. The third-order valence-electron chi connectivity index (χ3n) is 14.7. The highest BCUT2D eigenvalue weighted by Crippen LogP contribution is 2.32. The summed E-state index contributed by atoms with van der Waals surface area (Å²) in [6.45, 7) is 3.49. The number of carboxylic acid groups (broad SMARTS) is 3. The number of alkyl halides is 2. The summed E-state index contributed by atoms with van der Waals surface area (Å²) in [4.78, 5) is 102. The topological polar surface area (TPSA) is 343 Å². The van der Waals surface area contributed by atoms with Crippen molar-refractivity contribution in [1.82, 2.24) is 61.3 Å². The Bertz CT molecular complexity index is 2860. The molecule has 3 fully saturated rings. The number of aromatic nitrogens is 1. The van der Waals surface area contributed by atoms with Crippen molar-refractivity contribution in [2.24, 2.45) is 21.2 Å². The number of amides is 4. The minimum absolute atomic E-state index is 0.0313. The number of likely N-dealkylation sites (tertiary alicyclic amines) is 2. The van der Waals surface area contributed by atoms with Crippen LogP contribution in [0, 0.1) is 24.2 Å². The molecule has 1 aromatic heterocycles. The molecule has 0 saturated carbocycles. The van der Waals surface area contributed by atoms with Crippen LogP contribution in [0.25, 0.3) is 10.9 Å². The number of nitrogens with one attached hydrogen (secondary N) is 5. The van der Waals surface area contributed by atoms with E-state index in [1.807, 2.05) is 41.0 Å². The molecule has 29 heteroatoms. The quantitative estimate of drug-likeness (QED) is 0.0207. The lowest BCUT2D eigenvalue weighted by Gasteiger charge is -2.33. The maximum absolute atomic E-state index is 13.9. The van der Waals surface area contributed by atoms with Gasteiger partial charge in [0.2, 0.25) is 17.7 Å². The number of nitriles is 1. The molecule has 3 aromatic rings. The van der Waals surface area contributed by atoms with E-state index in [-0.39, 0.29) is 122 Å². The molecule has 8 N–H and O–H groups in total. The van der Waals surface area contributed by atoms with Gasteiger partial charge in [-0.05, 0) is 68.4 Å². The monoisotopic (exact) mass is 1200 g/mol. The van der Waals surface area contributed by atoms with Gasteiger partial charge < -0.3 is 45.9 Å². The number of halogens is 2. The second-order valence-electron chi connectivity index (χ2n) is 21.4. The average molecular weight is 1200 g/mol. The maximum atomic E-state index is 13.9. The molecule has 4 amide bonds. The van der Waals surface area contributed by atoms with Crippen molar-refractivity contribution < 1.29 is 62.4 Å². The van der Waals surface area contributed by atoms with Crippen molar-refractivity contribution in [1.29, 1.82) is 5.26 Å². The Morgan fingerprint density at radius 1 is 0.791 bits per heavy atom. The van der Waals surface area contributed by atoms with Crippen LogP contribution in [0.1, 0.15) is 66.4 Å². The number of fused-ring (bicyclic) bond motifs is 1. The first-order valence-corrected chi connectivity index (χ1v) is 28.6. The summed E-state index contributed by atoms with van der Waals surface area (Å²) in [5.74, 6) is -7.29. The standard InChI is InChI=1S/C57H78F2N16O11/c1-41-4-6-43(7-5-41)32-65-68-40-67-64-16-10-44(69-50(76)35-70-20-22-71(36-53(79)80)24-26-73(38-55(83)84)27-25-72(23-21-70)37-54(81)82)33-66-63-17-12-51(77)74-18-13-42(14-19-74)3-2-28-86-46-8-9-49-48(29-46)47(11-15-61-49)56(85)62-34-52(78)75-39-57(58,59)30-45(75)31-60/h4-9,11,15-16,29,32-33,42,44-45,63,67-68H,2-3,10,12-14,17-28,30,34-40H2,1H3,(H,62,85)(H,69,76)(H,79,80)(H,81,82)(H,83,84)/b64-16+,65-32+,66-33-/t44-,45+/m0/s1. The fraction of sp³-hybridized carbons (Fsp3) is 0.544. The van der Waals surface area contributed by atoms with Gasteiger partial charge in [-0.3, -0.25) is 69.0 Å². The Kier molecular flexibility index (Phi) is 26.7. The van der Waals surface area contributed by atoms with Crippen LogP contribution < -0.4 is 31.6 Å². The predicted octanol–water partition coefficient (Wildman–Crippen LogP) is 0.903. The molecule has 0 unspecified atom stereocenters. The summed E-state index contributed by atoms with van der Waals surface area (Å²) in [7, 11) is 0. The lowest BCUT2D eigenvalue weighted by atomic mass is 9.92. The summed E-state index contributed by atoms with van der Waals surface area (Å²) in [6.07, 6.45) is 9.07. The minimum Gasteiger partial charge on any atom is -0.494 e. The lowest BCUT2D eigenvalue weighted by Crippen LogP contribution is -2.50. The number of hydrazone groups is 3. The van der Waals surface area contributed by atoms with E-state index in [0.29, 0.717) is 42.3 Å². The third-order valence-corrected chi connectivity index (χ3v) is 14.7. The van der Waals surface area contributed by atoms with Crippen LogP contribution in [0.2, 0.25) is 0 Å². The third kappa shape index (κ3) is 23.5. The number of piperidine rings is 1. The normalized spacial score (nSPS) is 18.3. The number of aliphatic carboxylic acids is 3. The van der Waals surface area contributed by atoms with Crippen LogP contribution in [0.15, 0.2) is 70.0 Å². The van der Waals surface area contributed by atoms with E-state index in [1.54, 1.807) is 51.4 Å². The zero-order chi connectivity index (χ0) is 61.8. The maximum Gasteiger partial charge on any atom is 0.317 e. The van der Waals surface area contributed by atoms with Gasteiger partial charge in [0.1, 0.15) is 18.5 Å². The van der Waals surface area contributed by atoms with Gasteiger partial charge in [0.15, 0.2) is 0 Å². The first-order chi connectivity index (χ1) is 41.3. The summed E-state index contributed by atoms with van der Waals surface area (Å²) in [6, 6.07) is 14.3. The highest BCUT2D eigenvalue weighted by atomic mass is 19.3. The molecule has 6 rings (SSSR count). The molecular formula is C57H78F2N16O11. The minimum atomic E-state index is -3.18. The highest BCUT2D eigenvalue weighted by Gasteiger charge is 2.47. The van der Waals surface area contributed by atoms with Crippen molar-refractivity contribution >= 4 is 71.1 Å². The van der Waals surface area contributed by atoms with Gasteiger partial charge >= 0.3 is 17.9 Å². The Morgan fingerprint density at radius 2 is 1.41 bits per heavy atom. The van der Waals surface area contributed by atoms with Gasteiger partial charge in [0.05, 0.1) is 75.3 Å². The van der Waals surface area contributed by atoms with E-state index in [0.717, 1.165) is 41.7 Å². The number of hydrogen-bond acceptors (Lipinski definition) is 20. The number of nitrogens with zero attached hydrogens (tertiary/aromatic N) is 11. The van der Waals surface area contributed by atoms with Crippen molar-refractivity contribution in [2.45, 2.75) is 69.9 Å². The summed E-state index contributed by atoms with van der Waals surface area (Å²) in [5, 5.41) is 56.7. The molecule has 466 valence electrons. The van der Waals surface area contributed by atoms with E-state index in [9.17, 15) is 62.9 Å². The van der Waals surface area contributed by atoms with Gasteiger partial charge in [-0.25, -0.2) is 8.78 Å². The van der Waals surface area contributed by atoms with E-state index in [1.165, 1.54) is 18.5 Å². The molecule has 3 saturated heterocycles. The number of carbonyl (C=O) groups is 7. The second kappa shape index (κ2) is 34.5. The Morgan fingerprint density at radius 3 is 2.02 bits per heavy atom. The van der Waals surface area contributed by atoms with Crippen molar-refractivity contribution in [3.63, 3.8) is 0 Å². The fourth-order valence-corrected chi connectivity index (χ4v) is 10.0. The van der Waals surface area contributed by atoms with Crippen molar-refractivity contribution in [3.05, 3.63) is 71.4 Å². The van der Waals surface area contributed by atoms with Crippen molar-refractivity contribution in [3.8, 4) is 11.8 Å². The molecule has 2 aromatic carbocycles. The van der Waals surface area contributed by atoms with Crippen LogP contribution in [-0.2, 0) is 28.8 Å². The van der Waals surface area contributed by atoms with Crippen molar-refractivity contribution in [2.75, 3.05) is 125 Å². The zero-order valence-electron chi connectivity index (χ0n) is 48.3. The number of ether oxygens (including phenoxy) is 1. The zero-order valence-corrected chi connectivity index (χ0v) is 48.3. The van der Waals surface area contributed by atoms with E-state index >= 15 is 0 Å². The molecular weight excluding hydrogens is 1120 g/mol. The number of carbonyl (C=O) groups excluding carboxylic acids is 4. The number of pyridine rings is 1. The second-order valence-corrected chi connectivity index (χ2v) is 21.4. The Labute approximate surface area is 497 Å². The highest BCUT2D eigenvalue weighted by molar-refractivity contribution is 6.07. The molecule has 27 nitrogen and oxygen atoms in total. The van der Waals surface area contributed by atoms with Crippen LogP contribution in [0.3, 0.4) is 0 Å². The Balaban J connectivity index is 0.954.